The van der Waals surface area contributed by atoms with E-state index in [2.05, 4.69) is 20.6 Å². The van der Waals surface area contributed by atoms with E-state index in [1.165, 1.54) is 6.26 Å². The van der Waals surface area contributed by atoms with Crippen LogP contribution in [0.15, 0.2) is 32.5 Å². The van der Waals surface area contributed by atoms with E-state index in [1.807, 2.05) is 26.8 Å². The predicted octanol–water partition coefficient (Wildman–Crippen LogP) is 2.26. The number of aliphatic imine (C=N–C) groups is 1. The zero-order valence-corrected chi connectivity index (χ0v) is 16.7. The van der Waals surface area contributed by atoms with Crippen LogP contribution in [0.1, 0.15) is 35.4 Å². The largest absolute Gasteiger partial charge is 0.444 e. The fourth-order valence-corrected chi connectivity index (χ4v) is 3.47. The number of hydrogen-bond acceptors (Lipinski definition) is 5. The lowest BCUT2D eigenvalue weighted by atomic mass is 10.1. The first-order valence-corrected chi connectivity index (χ1v) is 10.3. The summed E-state index contributed by atoms with van der Waals surface area (Å²) in [6.45, 7) is 9.16. The molecule has 0 bridgehead atoms. The molecule has 1 aromatic carbocycles. The van der Waals surface area contributed by atoms with Gasteiger partial charge >= 0.3 is 0 Å². The Balaban J connectivity index is 2.07. The van der Waals surface area contributed by atoms with E-state index in [1.54, 1.807) is 19.1 Å². The van der Waals surface area contributed by atoms with Gasteiger partial charge in [-0.1, -0.05) is 12.1 Å². The molecule has 2 aromatic rings. The first-order valence-electron chi connectivity index (χ1n) is 8.45. The van der Waals surface area contributed by atoms with Gasteiger partial charge in [-0.3, -0.25) is 0 Å². The highest BCUT2D eigenvalue weighted by Crippen LogP contribution is 2.17. The Morgan fingerprint density at radius 3 is 2.50 bits per heavy atom. The average molecular weight is 378 g/mol. The third-order valence-corrected chi connectivity index (χ3v) is 5.14. The Labute approximate surface area is 154 Å². The van der Waals surface area contributed by atoms with E-state index >= 15 is 0 Å². The Morgan fingerprint density at radius 2 is 1.96 bits per heavy atom. The molecule has 1 aromatic heterocycles. The molecule has 142 valence electrons. The molecule has 0 fully saturated rings. The highest BCUT2D eigenvalue weighted by atomic mass is 32.2. The van der Waals surface area contributed by atoms with Crippen molar-refractivity contribution in [3.05, 3.63) is 46.7 Å². The first kappa shape index (κ1) is 20.0. The molecule has 0 unspecified atom stereocenters. The second kappa shape index (κ2) is 8.35. The molecule has 0 saturated heterocycles. The van der Waals surface area contributed by atoms with Crippen LogP contribution >= 0.6 is 0 Å². The van der Waals surface area contributed by atoms with Crippen molar-refractivity contribution in [3.8, 4) is 0 Å². The van der Waals surface area contributed by atoms with Crippen molar-refractivity contribution in [1.82, 2.24) is 15.6 Å². The van der Waals surface area contributed by atoms with E-state index < -0.39 is 9.84 Å². The minimum atomic E-state index is -3.21. The van der Waals surface area contributed by atoms with Gasteiger partial charge in [0.25, 0.3) is 0 Å². The first-order chi connectivity index (χ1) is 12.2. The number of nitrogens with zero attached hydrogens (tertiary/aromatic N) is 2. The molecule has 26 heavy (non-hydrogen) atoms. The van der Waals surface area contributed by atoms with Crippen LogP contribution in [-0.4, -0.2) is 32.2 Å². The average Bonchev–Trinajstić information content (AvgIpc) is 2.87. The van der Waals surface area contributed by atoms with Crippen molar-refractivity contribution in [3.63, 3.8) is 0 Å². The van der Waals surface area contributed by atoms with E-state index in [-0.39, 0.29) is 0 Å². The topological polar surface area (TPSA) is 96.6 Å². The van der Waals surface area contributed by atoms with Crippen LogP contribution in [0.2, 0.25) is 0 Å². The Hall–Kier alpha value is -2.35. The summed E-state index contributed by atoms with van der Waals surface area (Å²) in [5.41, 5.74) is 2.55. The SMILES string of the molecule is CCNC(=NCc1ccc(S(C)(=O)=O)c(C)c1)NCc1nc(C)c(C)o1. The fourth-order valence-electron chi connectivity index (χ4n) is 2.51. The van der Waals surface area contributed by atoms with Crippen molar-refractivity contribution in [2.45, 2.75) is 45.7 Å². The summed E-state index contributed by atoms with van der Waals surface area (Å²) in [6, 6.07) is 5.27. The molecule has 0 atom stereocenters. The third-order valence-electron chi connectivity index (χ3n) is 3.88. The van der Waals surface area contributed by atoms with Gasteiger partial charge in [-0.2, -0.15) is 0 Å². The number of benzene rings is 1. The number of sulfone groups is 1. The number of aryl methyl sites for hydroxylation is 3. The van der Waals surface area contributed by atoms with Crippen molar-refractivity contribution in [2.75, 3.05) is 12.8 Å². The summed E-state index contributed by atoms with van der Waals surface area (Å²) < 4.78 is 29.0. The molecule has 8 heteroatoms. The molecule has 2 N–H and O–H groups in total. The second-order valence-electron chi connectivity index (χ2n) is 6.17. The molecular formula is C18H26N4O3S. The molecule has 0 aliphatic rings. The molecule has 7 nitrogen and oxygen atoms in total. The standard InChI is InChI=1S/C18H26N4O3S/c1-6-19-18(21-11-17-22-13(3)14(4)25-17)20-10-15-7-8-16(12(2)9-15)26(5,23)24/h7-9H,6,10-11H2,1-5H3,(H2,19,20,21). The quantitative estimate of drug-likeness (QED) is 0.591. The molecular weight excluding hydrogens is 352 g/mol. The fraction of sp³-hybridized carbons (Fsp3) is 0.444. The van der Waals surface area contributed by atoms with Gasteiger partial charge in [0.15, 0.2) is 15.8 Å². The highest BCUT2D eigenvalue weighted by molar-refractivity contribution is 7.90. The maximum absolute atomic E-state index is 11.7. The van der Waals surface area contributed by atoms with Gasteiger partial charge in [0.05, 0.1) is 23.7 Å². The van der Waals surface area contributed by atoms with Gasteiger partial charge in [-0.05, 0) is 44.9 Å². The molecule has 0 amide bonds. The Morgan fingerprint density at radius 1 is 1.23 bits per heavy atom. The van der Waals surface area contributed by atoms with Crippen molar-refractivity contribution in [2.24, 2.45) is 4.99 Å². The Kier molecular flexibility index (Phi) is 6.42. The van der Waals surface area contributed by atoms with Crippen molar-refractivity contribution < 1.29 is 12.8 Å². The minimum absolute atomic E-state index is 0.352. The van der Waals surface area contributed by atoms with Crippen molar-refractivity contribution in [1.29, 1.82) is 0 Å². The molecule has 1 heterocycles. The van der Waals surface area contributed by atoms with Crippen LogP contribution in [0.4, 0.5) is 0 Å². The zero-order valence-electron chi connectivity index (χ0n) is 15.9. The van der Waals surface area contributed by atoms with Crippen LogP contribution in [0.25, 0.3) is 0 Å². The molecule has 2 rings (SSSR count). The maximum atomic E-state index is 11.7. The highest BCUT2D eigenvalue weighted by Gasteiger charge is 2.11. The number of aromatic nitrogens is 1. The summed E-state index contributed by atoms with van der Waals surface area (Å²) in [6.07, 6.45) is 1.21. The molecule has 0 spiro atoms. The lowest BCUT2D eigenvalue weighted by Crippen LogP contribution is -2.36. The monoisotopic (exact) mass is 378 g/mol. The number of oxazole rings is 1. The van der Waals surface area contributed by atoms with Crippen LogP contribution in [0, 0.1) is 20.8 Å². The third kappa shape index (κ3) is 5.32. The predicted molar refractivity (Wildman–Crippen MR) is 102 cm³/mol. The normalized spacial score (nSPS) is 12.3. The zero-order chi connectivity index (χ0) is 19.3. The smallest absolute Gasteiger partial charge is 0.214 e. The van der Waals surface area contributed by atoms with Gasteiger partial charge in [-0.25, -0.2) is 18.4 Å². The van der Waals surface area contributed by atoms with Gasteiger partial charge < -0.3 is 15.1 Å². The van der Waals surface area contributed by atoms with Gasteiger partial charge in [0.2, 0.25) is 5.89 Å². The lowest BCUT2D eigenvalue weighted by Gasteiger charge is -2.10. The summed E-state index contributed by atoms with van der Waals surface area (Å²) >= 11 is 0. The number of guanidine groups is 1. The van der Waals surface area contributed by atoms with E-state index in [0.29, 0.717) is 29.8 Å². The molecule has 0 saturated carbocycles. The van der Waals surface area contributed by atoms with Gasteiger partial charge in [0, 0.05) is 12.8 Å². The summed E-state index contributed by atoms with van der Waals surface area (Å²) in [5.74, 6) is 2.06. The molecule has 0 aliphatic heterocycles. The second-order valence-corrected chi connectivity index (χ2v) is 8.15. The molecule has 0 radical (unpaired) electrons. The molecule has 0 aliphatic carbocycles. The minimum Gasteiger partial charge on any atom is -0.444 e. The van der Waals surface area contributed by atoms with E-state index in [0.717, 1.165) is 29.1 Å². The van der Waals surface area contributed by atoms with Crippen molar-refractivity contribution >= 4 is 15.8 Å². The number of hydrogen-bond donors (Lipinski definition) is 2. The van der Waals surface area contributed by atoms with Gasteiger partial charge in [-0.15, -0.1) is 0 Å². The van der Waals surface area contributed by atoms with Crippen LogP contribution in [-0.2, 0) is 22.9 Å². The number of rotatable bonds is 6. The van der Waals surface area contributed by atoms with Crippen LogP contribution in [0.5, 0.6) is 0 Å². The van der Waals surface area contributed by atoms with Gasteiger partial charge in [0.1, 0.15) is 5.76 Å². The van der Waals surface area contributed by atoms with E-state index in [4.69, 9.17) is 4.42 Å². The summed E-state index contributed by atoms with van der Waals surface area (Å²) in [4.78, 5) is 9.22. The maximum Gasteiger partial charge on any atom is 0.214 e. The van der Waals surface area contributed by atoms with E-state index in [9.17, 15) is 8.42 Å². The number of nitrogens with one attached hydrogen (secondary N) is 2. The summed E-state index contributed by atoms with van der Waals surface area (Å²) in [5, 5.41) is 6.35. The summed E-state index contributed by atoms with van der Waals surface area (Å²) in [7, 11) is -3.21. The Bertz CT molecular complexity index is 882. The van der Waals surface area contributed by atoms with Crippen LogP contribution in [0.3, 0.4) is 0 Å². The lowest BCUT2D eigenvalue weighted by molar-refractivity contribution is 0.463. The van der Waals surface area contributed by atoms with Crippen LogP contribution < -0.4 is 10.6 Å².